The molecule has 0 atom stereocenters. The average Bonchev–Trinajstić information content (AvgIpc) is 2.98. The highest BCUT2D eigenvalue weighted by atomic mass is 32.2. The van der Waals surface area contributed by atoms with Crippen LogP contribution >= 0.6 is 0 Å². The molecular weight excluding hydrogens is 378 g/mol. The van der Waals surface area contributed by atoms with Crippen molar-refractivity contribution in [1.29, 1.82) is 0 Å². The number of carbonyl (C=O) groups excluding carboxylic acids is 1. The van der Waals surface area contributed by atoms with Crippen molar-refractivity contribution in [2.24, 2.45) is 0 Å². The van der Waals surface area contributed by atoms with Gasteiger partial charge in [0.15, 0.2) is 0 Å². The Bertz CT molecular complexity index is 737. The Morgan fingerprint density at radius 1 is 1.11 bits per heavy atom. The Hall–Kier alpha value is -1.48. The molecule has 1 N–H and O–H groups in total. The summed E-state index contributed by atoms with van der Waals surface area (Å²) in [7, 11) is -1.50. The van der Waals surface area contributed by atoms with Gasteiger partial charge in [-0.2, -0.15) is 4.31 Å². The molecule has 3 rings (SSSR count). The molecule has 1 heterocycles. The normalized spacial score (nSPS) is 20.1. The van der Waals surface area contributed by atoms with E-state index in [1.165, 1.54) is 30.0 Å². The third-order valence-electron chi connectivity index (χ3n) is 5.59. The molecular formula is C20H31N3O4S. The second-order valence-electron chi connectivity index (χ2n) is 7.65. The van der Waals surface area contributed by atoms with Crippen molar-refractivity contribution in [3.63, 3.8) is 0 Å². The van der Waals surface area contributed by atoms with Crippen LogP contribution in [0.4, 0.5) is 5.69 Å². The van der Waals surface area contributed by atoms with Gasteiger partial charge in [0.1, 0.15) is 0 Å². The molecule has 7 nitrogen and oxygen atoms in total. The first-order valence-corrected chi connectivity index (χ1v) is 11.6. The van der Waals surface area contributed by atoms with Crippen LogP contribution in [0, 0.1) is 0 Å². The highest BCUT2D eigenvalue weighted by molar-refractivity contribution is 7.89. The smallest absolute Gasteiger partial charge is 0.243 e. The highest BCUT2D eigenvalue weighted by Gasteiger charge is 2.26. The lowest BCUT2D eigenvalue weighted by molar-refractivity contribution is -0.117. The van der Waals surface area contributed by atoms with Gasteiger partial charge in [0.05, 0.1) is 24.7 Å². The van der Waals surface area contributed by atoms with Gasteiger partial charge < -0.3 is 10.1 Å². The van der Waals surface area contributed by atoms with E-state index >= 15 is 0 Å². The van der Waals surface area contributed by atoms with Gasteiger partial charge in [-0.1, -0.05) is 25.7 Å². The number of nitrogens with one attached hydrogen (secondary N) is 1. The molecule has 1 saturated heterocycles. The van der Waals surface area contributed by atoms with E-state index in [2.05, 4.69) is 10.2 Å². The number of sulfonamides is 1. The summed E-state index contributed by atoms with van der Waals surface area (Å²) in [6, 6.07) is 6.87. The third-order valence-corrected chi connectivity index (χ3v) is 7.50. The van der Waals surface area contributed by atoms with Crippen LogP contribution in [-0.2, 0) is 19.6 Å². The molecule has 28 heavy (non-hydrogen) atoms. The number of morpholine rings is 1. The molecule has 0 bridgehead atoms. The lowest BCUT2D eigenvalue weighted by atomic mass is 10.1. The summed E-state index contributed by atoms with van der Waals surface area (Å²) in [5.41, 5.74) is 0.611. The number of ether oxygens (including phenoxy) is 1. The van der Waals surface area contributed by atoms with Crippen molar-refractivity contribution >= 4 is 21.6 Å². The van der Waals surface area contributed by atoms with E-state index in [1.54, 1.807) is 24.3 Å². The second kappa shape index (κ2) is 9.82. The fourth-order valence-corrected chi connectivity index (χ4v) is 5.31. The van der Waals surface area contributed by atoms with Crippen molar-refractivity contribution in [3.05, 3.63) is 24.3 Å². The van der Waals surface area contributed by atoms with Crippen LogP contribution in [0.5, 0.6) is 0 Å². The van der Waals surface area contributed by atoms with E-state index in [-0.39, 0.29) is 10.8 Å². The first-order valence-electron chi connectivity index (χ1n) is 10.1. The first kappa shape index (κ1) is 21.2. The van der Waals surface area contributed by atoms with Crippen molar-refractivity contribution in [3.8, 4) is 0 Å². The fourth-order valence-electron chi connectivity index (χ4n) is 3.90. The Kier molecular flexibility index (Phi) is 7.45. The Balaban J connectivity index is 1.55. The zero-order valence-electron chi connectivity index (χ0n) is 16.6. The molecule has 2 fully saturated rings. The maximum atomic E-state index is 12.6. The molecule has 2 aliphatic rings. The lowest BCUT2D eigenvalue weighted by Gasteiger charge is -2.26. The monoisotopic (exact) mass is 409 g/mol. The highest BCUT2D eigenvalue weighted by Crippen LogP contribution is 2.22. The second-order valence-corrected chi connectivity index (χ2v) is 9.59. The van der Waals surface area contributed by atoms with Crippen LogP contribution in [0.25, 0.3) is 0 Å². The molecule has 0 unspecified atom stereocenters. The van der Waals surface area contributed by atoms with Gasteiger partial charge >= 0.3 is 0 Å². The topological polar surface area (TPSA) is 79.0 Å². The summed E-state index contributed by atoms with van der Waals surface area (Å²) in [4.78, 5) is 14.8. The van der Waals surface area contributed by atoms with E-state index in [0.717, 1.165) is 12.8 Å². The zero-order chi connectivity index (χ0) is 20.0. The van der Waals surface area contributed by atoms with Crippen LogP contribution in [0.3, 0.4) is 0 Å². The molecule has 0 spiro atoms. The van der Waals surface area contributed by atoms with E-state index in [9.17, 15) is 13.2 Å². The van der Waals surface area contributed by atoms with E-state index in [1.807, 2.05) is 7.05 Å². The van der Waals surface area contributed by atoms with E-state index < -0.39 is 10.0 Å². The van der Waals surface area contributed by atoms with Crippen LogP contribution in [0.2, 0.25) is 0 Å². The van der Waals surface area contributed by atoms with E-state index in [0.29, 0.717) is 44.6 Å². The Morgan fingerprint density at radius 2 is 1.71 bits per heavy atom. The molecule has 156 valence electrons. The quantitative estimate of drug-likeness (QED) is 0.730. The summed E-state index contributed by atoms with van der Waals surface area (Å²) in [5.74, 6) is -0.0736. The number of amides is 1. The Morgan fingerprint density at radius 3 is 2.32 bits per heavy atom. The van der Waals surface area contributed by atoms with Crippen LogP contribution in [-0.4, -0.2) is 69.5 Å². The van der Waals surface area contributed by atoms with Crippen LogP contribution in [0.1, 0.15) is 38.5 Å². The summed E-state index contributed by atoms with van der Waals surface area (Å²) in [6.45, 7) is 1.92. The molecule has 1 saturated carbocycles. The van der Waals surface area contributed by atoms with Crippen LogP contribution < -0.4 is 5.32 Å². The minimum atomic E-state index is -3.51. The number of anilines is 1. The summed E-state index contributed by atoms with van der Waals surface area (Å²) in [5, 5.41) is 2.88. The largest absolute Gasteiger partial charge is 0.379 e. The number of carbonyl (C=O) groups is 1. The summed E-state index contributed by atoms with van der Waals surface area (Å²) in [6.07, 6.45) is 7.34. The van der Waals surface area contributed by atoms with Crippen LogP contribution in [0.15, 0.2) is 29.2 Å². The number of rotatable bonds is 6. The third kappa shape index (κ3) is 5.53. The summed E-state index contributed by atoms with van der Waals surface area (Å²) >= 11 is 0. The molecule has 1 aliphatic carbocycles. The van der Waals surface area contributed by atoms with Gasteiger partial charge in [0, 0.05) is 24.8 Å². The van der Waals surface area contributed by atoms with Crippen molar-refractivity contribution < 1.29 is 17.9 Å². The average molecular weight is 410 g/mol. The molecule has 1 aliphatic heterocycles. The van der Waals surface area contributed by atoms with Gasteiger partial charge in [0.25, 0.3) is 0 Å². The standard InChI is InChI=1S/C20H31N3O4S/c1-22(18-6-4-2-3-5-7-18)16-20(24)21-17-8-10-19(11-9-17)28(25,26)23-12-14-27-15-13-23/h8-11,18H,2-7,12-16H2,1H3,(H,21,24). The number of hydrogen-bond acceptors (Lipinski definition) is 5. The number of likely N-dealkylation sites (N-methyl/N-ethyl adjacent to an activating group) is 1. The van der Waals surface area contributed by atoms with Gasteiger partial charge in [0.2, 0.25) is 15.9 Å². The summed E-state index contributed by atoms with van der Waals surface area (Å²) < 4.78 is 31.9. The van der Waals surface area contributed by atoms with Crippen molar-refractivity contribution in [2.75, 3.05) is 45.2 Å². The van der Waals surface area contributed by atoms with Crippen molar-refractivity contribution in [2.45, 2.75) is 49.5 Å². The molecule has 0 radical (unpaired) electrons. The minimum absolute atomic E-state index is 0.0736. The predicted molar refractivity (Wildman–Crippen MR) is 109 cm³/mol. The number of nitrogens with zero attached hydrogens (tertiary/aromatic N) is 2. The maximum absolute atomic E-state index is 12.6. The van der Waals surface area contributed by atoms with Crippen molar-refractivity contribution in [1.82, 2.24) is 9.21 Å². The van der Waals surface area contributed by atoms with Gasteiger partial charge in [-0.05, 0) is 44.2 Å². The molecule has 1 aromatic carbocycles. The molecule has 8 heteroatoms. The van der Waals surface area contributed by atoms with Gasteiger partial charge in [-0.3, -0.25) is 9.69 Å². The molecule has 1 amide bonds. The first-order chi connectivity index (χ1) is 13.5. The minimum Gasteiger partial charge on any atom is -0.379 e. The Labute approximate surface area is 168 Å². The fraction of sp³-hybridized carbons (Fsp3) is 0.650. The predicted octanol–water partition coefficient (Wildman–Crippen LogP) is 2.30. The zero-order valence-corrected chi connectivity index (χ0v) is 17.4. The van der Waals surface area contributed by atoms with E-state index in [4.69, 9.17) is 4.74 Å². The number of benzene rings is 1. The maximum Gasteiger partial charge on any atom is 0.243 e. The lowest BCUT2D eigenvalue weighted by Crippen LogP contribution is -2.40. The molecule has 0 aromatic heterocycles. The molecule has 1 aromatic rings. The number of hydrogen-bond donors (Lipinski definition) is 1. The van der Waals surface area contributed by atoms with Gasteiger partial charge in [-0.25, -0.2) is 8.42 Å². The van der Waals surface area contributed by atoms with Gasteiger partial charge in [-0.15, -0.1) is 0 Å². The SMILES string of the molecule is CN(CC(=O)Nc1ccc(S(=O)(=O)N2CCOCC2)cc1)C1CCCCCC1.